The monoisotopic (exact) mass is 416 g/mol. The van der Waals surface area contributed by atoms with Crippen LogP contribution in [0.5, 0.6) is 11.6 Å². The van der Waals surface area contributed by atoms with E-state index in [1.807, 2.05) is 50.2 Å². The fraction of sp³-hybridized carbons (Fsp3) is 0.320. The summed E-state index contributed by atoms with van der Waals surface area (Å²) in [5, 5.41) is 3.11. The van der Waals surface area contributed by atoms with Gasteiger partial charge < -0.3 is 15.0 Å². The van der Waals surface area contributed by atoms with E-state index in [-0.39, 0.29) is 11.8 Å². The van der Waals surface area contributed by atoms with Crippen LogP contribution < -0.4 is 15.0 Å². The molecular formula is C25H28N4O2. The van der Waals surface area contributed by atoms with E-state index in [9.17, 15) is 4.79 Å². The van der Waals surface area contributed by atoms with Crippen molar-refractivity contribution in [1.29, 1.82) is 0 Å². The van der Waals surface area contributed by atoms with Gasteiger partial charge in [0.2, 0.25) is 5.91 Å². The standard InChI is InChI=1S/C25H28N4O2/c1-17-6-9-21(10-7-17)31-25-23(26-12-13-27-25)29-14-4-5-20(16-29)24(30)28-22-11-8-18(2)15-19(22)3/h6-13,15,20H,4-5,14,16H2,1-3H3,(H,28,30)/t20-/m0/s1. The quantitative estimate of drug-likeness (QED) is 0.630. The van der Waals surface area contributed by atoms with Gasteiger partial charge in [-0.05, 0) is 57.4 Å². The van der Waals surface area contributed by atoms with Crippen molar-refractivity contribution in [3.8, 4) is 11.6 Å². The van der Waals surface area contributed by atoms with Gasteiger partial charge in [-0.3, -0.25) is 4.79 Å². The van der Waals surface area contributed by atoms with Gasteiger partial charge in [-0.2, -0.15) is 0 Å². The van der Waals surface area contributed by atoms with E-state index in [2.05, 4.69) is 33.2 Å². The van der Waals surface area contributed by atoms with Gasteiger partial charge in [-0.1, -0.05) is 35.4 Å². The van der Waals surface area contributed by atoms with E-state index in [0.29, 0.717) is 24.0 Å². The second-order valence-electron chi connectivity index (χ2n) is 8.19. The first-order valence-corrected chi connectivity index (χ1v) is 10.7. The average Bonchev–Trinajstić information content (AvgIpc) is 2.78. The third kappa shape index (κ3) is 5.02. The number of nitrogens with one attached hydrogen (secondary N) is 1. The topological polar surface area (TPSA) is 67.4 Å². The molecule has 2 heterocycles. The van der Waals surface area contributed by atoms with Crippen molar-refractivity contribution in [2.45, 2.75) is 33.6 Å². The predicted octanol–water partition coefficient (Wildman–Crippen LogP) is 5.05. The van der Waals surface area contributed by atoms with Crippen molar-refractivity contribution in [2.75, 3.05) is 23.3 Å². The Kier molecular flexibility index (Phi) is 6.16. The number of hydrogen-bond donors (Lipinski definition) is 1. The maximum Gasteiger partial charge on any atom is 0.263 e. The van der Waals surface area contributed by atoms with Crippen LogP contribution >= 0.6 is 0 Å². The molecule has 1 aliphatic heterocycles. The van der Waals surface area contributed by atoms with Crippen molar-refractivity contribution in [1.82, 2.24) is 9.97 Å². The molecule has 0 saturated carbocycles. The lowest BCUT2D eigenvalue weighted by atomic mass is 9.96. The van der Waals surface area contributed by atoms with Crippen molar-refractivity contribution in [3.63, 3.8) is 0 Å². The van der Waals surface area contributed by atoms with Crippen LogP contribution in [0.15, 0.2) is 54.9 Å². The number of benzene rings is 2. The number of rotatable bonds is 5. The summed E-state index contributed by atoms with van der Waals surface area (Å²) in [7, 11) is 0. The summed E-state index contributed by atoms with van der Waals surface area (Å²) in [6.45, 7) is 7.50. The second kappa shape index (κ2) is 9.16. The number of carbonyl (C=O) groups is 1. The highest BCUT2D eigenvalue weighted by atomic mass is 16.5. The number of aromatic nitrogens is 2. The van der Waals surface area contributed by atoms with Crippen LogP contribution in [0, 0.1) is 26.7 Å². The molecule has 6 heteroatoms. The number of ether oxygens (including phenoxy) is 1. The summed E-state index contributed by atoms with van der Waals surface area (Å²) in [6.07, 6.45) is 5.05. The van der Waals surface area contributed by atoms with Crippen molar-refractivity contribution >= 4 is 17.4 Å². The molecule has 0 aliphatic carbocycles. The van der Waals surface area contributed by atoms with Crippen molar-refractivity contribution in [2.24, 2.45) is 5.92 Å². The molecule has 0 radical (unpaired) electrons. The SMILES string of the molecule is Cc1ccc(Oc2nccnc2N2CCC[C@H](C(=O)Nc3ccc(C)cc3C)C2)cc1. The van der Waals surface area contributed by atoms with E-state index in [1.165, 1.54) is 11.1 Å². The highest BCUT2D eigenvalue weighted by Crippen LogP contribution is 2.31. The number of piperidine rings is 1. The summed E-state index contributed by atoms with van der Waals surface area (Å²) >= 11 is 0. The first-order valence-electron chi connectivity index (χ1n) is 10.7. The Balaban J connectivity index is 1.48. The average molecular weight is 417 g/mol. The summed E-state index contributed by atoms with van der Waals surface area (Å²) in [6, 6.07) is 13.9. The molecular weight excluding hydrogens is 388 g/mol. The molecule has 0 bridgehead atoms. The van der Waals surface area contributed by atoms with Crippen LogP contribution in [0.2, 0.25) is 0 Å². The van der Waals surface area contributed by atoms with Gasteiger partial charge in [0.05, 0.1) is 5.92 Å². The van der Waals surface area contributed by atoms with E-state index in [1.54, 1.807) is 12.4 Å². The molecule has 31 heavy (non-hydrogen) atoms. The minimum Gasteiger partial charge on any atom is -0.436 e. The number of nitrogens with zero attached hydrogens (tertiary/aromatic N) is 3. The van der Waals surface area contributed by atoms with Gasteiger partial charge in [0.1, 0.15) is 5.75 Å². The number of amides is 1. The van der Waals surface area contributed by atoms with E-state index in [4.69, 9.17) is 4.74 Å². The molecule has 4 rings (SSSR count). The Bertz CT molecular complexity index is 1070. The lowest BCUT2D eigenvalue weighted by Gasteiger charge is -2.33. The summed E-state index contributed by atoms with van der Waals surface area (Å²) < 4.78 is 6.02. The smallest absolute Gasteiger partial charge is 0.263 e. The largest absolute Gasteiger partial charge is 0.436 e. The third-order valence-corrected chi connectivity index (χ3v) is 5.61. The van der Waals surface area contributed by atoms with Gasteiger partial charge in [-0.15, -0.1) is 0 Å². The van der Waals surface area contributed by atoms with Crippen molar-refractivity contribution in [3.05, 3.63) is 71.5 Å². The molecule has 1 fully saturated rings. The van der Waals surface area contributed by atoms with Crippen LogP contribution in [-0.2, 0) is 4.79 Å². The molecule has 160 valence electrons. The Hall–Kier alpha value is -3.41. The number of carbonyl (C=O) groups excluding carboxylic acids is 1. The molecule has 6 nitrogen and oxygen atoms in total. The number of hydrogen-bond acceptors (Lipinski definition) is 5. The number of anilines is 2. The molecule has 2 aromatic carbocycles. The molecule has 1 amide bonds. The Morgan fingerprint density at radius 3 is 2.55 bits per heavy atom. The zero-order chi connectivity index (χ0) is 21.8. The van der Waals surface area contributed by atoms with Gasteiger partial charge in [0, 0.05) is 31.2 Å². The van der Waals surface area contributed by atoms with Gasteiger partial charge in [0.25, 0.3) is 5.88 Å². The van der Waals surface area contributed by atoms with E-state index in [0.717, 1.165) is 30.6 Å². The molecule has 1 atom stereocenters. The molecule has 3 aromatic rings. The minimum atomic E-state index is -0.122. The third-order valence-electron chi connectivity index (χ3n) is 5.61. The van der Waals surface area contributed by atoms with E-state index >= 15 is 0 Å². The fourth-order valence-electron chi connectivity index (χ4n) is 3.90. The first kappa shape index (κ1) is 20.8. The normalized spacial score (nSPS) is 16.1. The van der Waals surface area contributed by atoms with E-state index < -0.39 is 0 Å². The van der Waals surface area contributed by atoms with Crippen LogP contribution in [0.3, 0.4) is 0 Å². The van der Waals surface area contributed by atoms with Crippen LogP contribution in [0.25, 0.3) is 0 Å². The van der Waals surface area contributed by atoms with Gasteiger partial charge in [-0.25, -0.2) is 9.97 Å². The molecule has 1 aliphatic rings. The highest BCUT2D eigenvalue weighted by molar-refractivity contribution is 5.93. The summed E-state index contributed by atoms with van der Waals surface area (Å²) in [5.41, 5.74) is 4.29. The fourth-order valence-corrected chi connectivity index (χ4v) is 3.90. The Labute approximate surface area is 183 Å². The second-order valence-corrected chi connectivity index (χ2v) is 8.19. The maximum absolute atomic E-state index is 13.0. The molecule has 1 saturated heterocycles. The maximum atomic E-state index is 13.0. The zero-order valence-corrected chi connectivity index (χ0v) is 18.3. The van der Waals surface area contributed by atoms with Gasteiger partial charge >= 0.3 is 0 Å². The van der Waals surface area contributed by atoms with Crippen molar-refractivity contribution < 1.29 is 9.53 Å². The number of aryl methyl sites for hydroxylation is 3. The lowest BCUT2D eigenvalue weighted by Crippen LogP contribution is -2.41. The molecule has 1 aromatic heterocycles. The van der Waals surface area contributed by atoms with Gasteiger partial charge in [0.15, 0.2) is 5.82 Å². The lowest BCUT2D eigenvalue weighted by molar-refractivity contribution is -0.120. The molecule has 0 unspecified atom stereocenters. The summed E-state index contributed by atoms with van der Waals surface area (Å²) in [4.78, 5) is 24.0. The highest BCUT2D eigenvalue weighted by Gasteiger charge is 2.29. The van der Waals surface area contributed by atoms with Crippen LogP contribution in [0.1, 0.15) is 29.5 Å². The predicted molar refractivity (Wildman–Crippen MR) is 123 cm³/mol. The van der Waals surface area contributed by atoms with Crippen LogP contribution in [-0.4, -0.2) is 29.0 Å². The minimum absolute atomic E-state index is 0.0431. The Morgan fingerprint density at radius 2 is 1.77 bits per heavy atom. The van der Waals surface area contributed by atoms with Crippen LogP contribution in [0.4, 0.5) is 11.5 Å². The Morgan fingerprint density at radius 1 is 1.03 bits per heavy atom. The first-order chi connectivity index (χ1) is 15.0. The summed E-state index contributed by atoms with van der Waals surface area (Å²) in [5.74, 6) is 1.77. The zero-order valence-electron chi connectivity index (χ0n) is 18.3. The molecule has 0 spiro atoms. The molecule has 1 N–H and O–H groups in total.